The Balaban J connectivity index is 0.00000115. The average Bonchev–Trinajstić information content (AvgIpc) is 1.60. The molecule has 6 heteroatoms. The normalized spacial score (nSPS) is 13.0. The maximum absolute atomic E-state index is 4.45. The number of pyridine rings is 4. The molecule has 0 saturated carbocycles. The van der Waals surface area contributed by atoms with Crippen LogP contribution in [-0.2, 0) is 6.42 Å². The Hall–Kier alpha value is -11.9. The number of benzene rings is 9. The van der Waals surface area contributed by atoms with Gasteiger partial charge in [0, 0.05) is 105 Å². The van der Waals surface area contributed by atoms with E-state index in [1.54, 1.807) is 12.2 Å². The lowest BCUT2D eigenvalue weighted by atomic mass is 9.87. The fourth-order valence-corrected chi connectivity index (χ4v) is 13.7. The Morgan fingerprint density at radius 1 is 0.355 bits per heavy atom. The number of hydrogen-bond acceptors (Lipinski definition) is 4. The highest BCUT2D eigenvalue weighted by Crippen LogP contribution is 2.45. The first kappa shape index (κ1) is 57.6. The molecule has 0 amide bonds. The third-order valence-electron chi connectivity index (χ3n) is 18.0. The monoisotopic (exact) mass is 1190 g/mol. The summed E-state index contributed by atoms with van der Waals surface area (Å²) >= 11 is 0. The Bertz CT molecular complexity index is 5240. The van der Waals surface area contributed by atoms with Crippen LogP contribution in [-0.4, -0.2) is 29.1 Å². The maximum Gasteiger partial charge on any atom is 0.0541 e. The molecule has 0 radical (unpaired) electrons. The van der Waals surface area contributed by atoms with Crippen LogP contribution in [0, 0.1) is 0 Å². The van der Waals surface area contributed by atoms with E-state index in [1.165, 1.54) is 77.1 Å². The number of allylic oxidation sites excluding steroid dienone is 6. The molecule has 9 aromatic carbocycles. The molecular formula is C87H66N6. The number of fused-ring (bicyclic) bond motifs is 9. The molecule has 0 aliphatic heterocycles. The predicted molar refractivity (Wildman–Crippen MR) is 390 cm³/mol. The molecule has 93 heavy (non-hydrogen) atoms. The number of hydrogen-bond donors (Lipinski definition) is 0. The summed E-state index contributed by atoms with van der Waals surface area (Å²) in [5, 5.41) is 4.86. The fourth-order valence-electron chi connectivity index (χ4n) is 13.7. The van der Waals surface area contributed by atoms with Crippen molar-refractivity contribution in [3.63, 3.8) is 0 Å². The maximum atomic E-state index is 4.45. The van der Waals surface area contributed by atoms with Gasteiger partial charge in [-0.3, -0.25) is 19.9 Å². The van der Waals surface area contributed by atoms with Gasteiger partial charge in [0.25, 0.3) is 0 Å². The zero-order valence-electron chi connectivity index (χ0n) is 52.0. The molecule has 1 atom stereocenters. The van der Waals surface area contributed by atoms with Crippen molar-refractivity contribution in [2.24, 2.45) is 0 Å². The quantitative estimate of drug-likeness (QED) is 0.128. The minimum absolute atomic E-state index is 0.224. The molecule has 444 valence electrons. The molecule has 17 rings (SSSR count). The third kappa shape index (κ3) is 11.1. The molecule has 0 saturated heterocycles. The van der Waals surface area contributed by atoms with E-state index in [9.17, 15) is 0 Å². The smallest absolute Gasteiger partial charge is 0.0541 e. The van der Waals surface area contributed by atoms with Crippen molar-refractivity contribution in [2.45, 2.75) is 32.6 Å². The number of aromatic nitrogens is 6. The van der Waals surface area contributed by atoms with Gasteiger partial charge in [-0.25, -0.2) is 0 Å². The molecule has 6 aromatic heterocycles. The largest absolute Gasteiger partial charge is 0.309 e. The summed E-state index contributed by atoms with van der Waals surface area (Å²) in [5.41, 5.74) is 29.5. The lowest BCUT2D eigenvalue weighted by molar-refractivity contribution is 0.858. The van der Waals surface area contributed by atoms with Gasteiger partial charge in [-0.15, -0.1) is 13.2 Å². The van der Waals surface area contributed by atoms with Gasteiger partial charge in [-0.2, -0.15) is 0 Å². The Morgan fingerprint density at radius 2 is 0.699 bits per heavy atom. The van der Waals surface area contributed by atoms with E-state index in [2.05, 4.69) is 267 Å². The van der Waals surface area contributed by atoms with Crippen LogP contribution in [0.5, 0.6) is 0 Å². The first-order chi connectivity index (χ1) is 45.9. The molecular weight excluding hydrogens is 1130 g/mol. The van der Waals surface area contributed by atoms with Crippen molar-refractivity contribution >= 4 is 49.2 Å². The highest BCUT2D eigenvalue weighted by Gasteiger charge is 2.25. The van der Waals surface area contributed by atoms with Gasteiger partial charge in [-0.05, 0) is 231 Å². The molecule has 0 fully saturated rings. The van der Waals surface area contributed by atoms with Gasteiger partial charge in [0.05, 0.1) is 22.1 Å². The summed E-state index contributed by atoms with van der Waals surface area (Å²) in [5.74, 6) is 0.224. The van der Waals surface area contributed by atoms with Crippen molar-refractivity contribution in [2.75, 3.05) is 0 Å². The summed E-state index contributed by atoms with van der Waals surface area (Å²) in [7, 11) is 0. The topological polar surface area (TPSA) is 61.4 Å². The molecule has 2 aliphatic rings. The highest BCUT2D eigenvalue weighted by molar-refractivity contribution is 6.13. The summed E-state index contributed by atoms with van der Waals surface area (Å²) < 4.78 is 4.97. The van der Waals surface area contributed by atoms with Crippen molar-refractivity contribution in [1.29, 1.82) is 0 Å². The minimum Gasteiger partial charge on any atom is -0.309 e. The minimum atomic E-state index is 0.224. The lowest BCUT2D eigenvalue weighted by Crippen LogP contribution is -2.00. The molecule has 15 aromatic rings. The zero-order valence-corrected chi connectivity index (χ0v) is 52.0. The fraction of sp³-hybridized carbons (Fsp3) is 0.0575. The van der Waals surface area contributed by atoms with E-state index >= 15 is 0 Å². The Labute approximate surface area is 542 Å². The molecule has 6 heterocycles. The van der Waals surface area contributed by atoms with Crippen LogP contribution >= 0.6 is 0 Å². The molecule has 2 aliphatic carbocycles. The third-order valence-corrected chi connectivity index (χ3v) is 18.0. The van der Waals surface area contributed by atoms with Crippen molar-refractivity contribution < 1.29 is 0 Å². The van der Waals surface area contributed by atoms with Gasteiger partial charge in [0.2, 0.25) is 0 Å². The molecule has 0 spiro atoms. The highest BCUT2D eigenvalue weighted by atomic mass is 15.0. The van der Waals surface area contributed by atoms with Crippen molar-refractivity contribution in [1.82, 2.24) is 29.1 Å². The van der Waals surface area contributed by atoms with Gasteiger partial charge in [0.15, 0.2) is 0 Å². The molecule has 6 nitrogen and oxygen atoms in total. The van der Waals surface area contributed by atoms with E-state index < -0.39 is 0 Å². The summed E-state index contributed by atoms with van der Waals surface area (Å²) in [6, 6.07) is 85.5. The van der Waals surface area contributed by atoms with Crippen LogP contribution in [0.15, 0.2) is 324 Å². The zero-order chi connectivity index (χ0) is 62.8. The van der Waals surface area contributed by atoms with Gasteiger partial charge >= 0.3 is 0 Å². The second kappa shape index (κ2) is 25.2. The Morgan fingerprint density at radius 3 is 1.09 bits per heavy atom. The van der Waals surface area contributed by atoms with Crippen molar-refractivity contribution in [3.8, 4) is 89.3 Å². The summed E-state index contributed by atoms with van der Waals surface area (Å²) in [6.07, 6.45) is 27.4. The van der Waals surface area contributed by atoms with Crippen molar-refractivity contribution in [3.05, 3.63) is 346 Å². The second-order valence-corrected chi connectivity index (χ2v) is 23.9. The van der Waals surface area contributed by atoms with E-state index in [1.807, 2.05) is 87.7 Å². The second-order valence-electron chi connectivity index (χ2n) is 23.9. The Kier molecular flexibility index (Phi) is 15.6. The van der Waals surface area contributed by atoms with Crippen LogP contribution in [0.3, 0.4) is 0 Å². The van der Waals surface area contributed by atoms with E-state index in [0.717, 1.165) is 96.4 Å². The predicted octanol–water partition coefficient (Wildman–Crippen LogP) is 22.5. The lowest BCUT2D eigenvalue weighted by Gasteiger charge is -2.18. The average molecular weight is 1200 g/mol. The van der Waals surface area contributed by atoms with Gasteiger partial charge < -0.3 is 9.13 Å². The van der Waals surface area contributed by atoms with Crippen LogP contribution in [0.25, 0.3) is 138 Å². The number of rotatable bonds is 10. The van der Waals surface area contributed by atoms with Gasteiger partial charge in [0.1, 0.15) is 0 Å². The van der Waals surface area contributed by atoms with Crippen LogP contribution in [0.4, 0.5) is 0 Å². The van der Waals surface area contributed by atoms with Crippen LogP contribution in [0.1, 0.15) is 48.4 Å². The van der Waals surface area contributed by atoms with E-state index in [4.69, 9.17) is 0 Å². The molecule has 0 bridgehead atoms. The number of nitrogens with zero attached hydrogens (tertiary/aromatic N) is 6. The first-order valence-corrected chi connectivity index (χ1v) is 31.8. The first-order valence-electron chi connectivity index (χ1n) is 31.8. The van der Waals surface area contributed by atoms with Gasteiger partial charge in [-0.1, -0.05) is 146 Å². The standard InChI is InChI=1S/C81H54N6.2C3H6/c1-9-52(37-56(13-1)66-17-5-33-82-48-66)60-23-29-78-74(42-60)75-43-61(53-10-2-14-57(38-53)67-18-6-34-83-49-67)24-30-79(75)86(78)70-27-21-64-41-65-22-28-71(47-73(65)72(64)46-70)87-80-31-25-62(54-11-3-15-58(39-54)68-19-7-35-84-50-68)44-76(80)77-45-63(26-32-81(77)87)55-12-4-16-59(40-55)69-20-8-36-85-51-69;2*1-3-2/h1-11,13-40,42-51,55H,12,41H2;2*3H,1H2,2H3. The summed E-state index contributed by atoms with van der Waals surface area (Å²) in [6.45, 7) is 10.5. The molecule has 0 N–H and O–H groups in total. The van der Waals surface area contributed by atoms with Crippen LogP contribution < -0.4 is 0 Å². The SMILES string of the molecule is C1=CC(c2cccnc2)=CC(c2ccc3c(c2)c2cc(-c4cccc(-c5cccnc5)c4)ccc2n3-c2ccc3c(c2)-c2cc(-n4c5ccc(-c6cccc(-c7cccnc7)c6)cc5c5cc(-c6cccc(-c7cccnc7)c6)ccc54)ccc2C3)C1.C=CC.C=CC. The van der Waals surface area contributed by atoms with E-state index in [-0.39, 0.29) is 5.92 Å². The summed E-state index contributed by atoms with van der Waals surface area (Å²) in [4.78, 5) is 17.7. The van der Waals surface area contributed by atoms with E-state index in [0.29, 0.717) is 0 Å². The van der Waals surface area contributed by atoms with Crippen LogP contribution in [0.2, 0.25) is 0 Å². The molecule has 1 unspecified atom stereocenters.